The fraction of sp³-hybridized carbons (Fsp3) is 0.375. The number of nitrogens with one attached hydrogen (secondary N) is 1. The first-order valence-corrected chi connectivity index (χ1v) is 7.04. The van der Waals surface area contributed by atoms with Crippen LogP contribution in [-0.4, -0.2) is 52.6 Å². The standard InChI is InChI=1S/C12H15NO4.C4H6O2/c14-9-3-1-8(2-4-9)5-11(12(15)16)13-6-10-7-17-10;1-3(2)4(5)6/h1-4,10-11,13-14H,5-7H2,(H,15,16);1H2,2H3,(H,5,6). The molecule has 2 atom stereocenters. The molecule has 0 amide bonds. The van der Waals surface area contributed by atoms with Gasteiger partial charge in [-0.2, -0.15) is 0 Å². The number of epoxide rings is 1. The summed E-state index contributed by atoms with van der Waals surface area (Å²) in [5.41, 5.74) is 1.05. The number of rotatable bonds is 7. The molecule has 1 aliphatic rings. The van der Waals surface area contributed by atoms with Crippen LogP contribution in [0.1, 0.15) is 12.5 Å². The summed E-state index contributed by atoms with van der Waals surface area (Å²) in [4.78, 5) is 20.7. The number of phenolic OH excluding ortho intramolecular Hbond substituents is 1. The molecule has 0 aromatic heterocycles. The third-order valence-electron chi connectivity index (χ3n) is 3.03. The van der Waals surface area contributed by atoms with Gasteiger partial charge in [-0.05, 0) is 31.0 Å². The first-order valence-electron chi connectivity index (χ1n) is 7.04. The molecule has 0 aliphatic carbocycles. The van der Waals surface area contributed by atoms with Gasteiger partial charge in [-0.25, -0.2) is 4.79 Å². The van der Waals surface area contributed by atoms with Gasteiger partial charge in [0.1, 0.15) is 11.8 Å². The largest absolute Gasteiger partial charge is 0.508 e. The maximum atomic E-state index is 11.1. The molecular formula is C16H21NO6. The van der Waals surface area contributed by atoms with E-state index in [4.69, 9.17) is 20.1 Å². The fourth-order valence-corrected chi connectivity index (χ4v) is 1.57. The quantitative estimate of drug-likeness (QED) is 0.437. The first-order chi connectivity index (χ1) is 10.8. The van der Waals surface area contributed by atoms with Gasteiger partial charge in [0.15, 0.2) is 0 Å². The van der Waals surface area contributed by atoms with Gasteiger partial charge in [0.25, 0.3) is 0 Å². The number of carboxylic acids is 2. The van der Waals surface area contributed by atoms with Gasteiger partial charge in [-0.3, -0.25) is 4.79 Å². The van der Waals surface area contributed by atoms with Gasteiger partial charge in [-0.1, -0.05) is 18.7 Å². The van der Waals surface area contributed by atoms with Crippen LogP contribution in [0, 0.1) is 0 Å². The molecule has 0 spiro atoms. The zero-order valence-corrected chi connectivity index (χ0v) is 12.9. The molecule has 1 saturated heterocycles. The Hall–Kier alpha value is -2.38. The van der Waals surface area contributed by atoms with E-state index < -0.39 is 18.0 Å². The third-order valence-corrected chi connectivity index (χ3v) is 3.03. The van der Waals surface area contributed by atoms with Crippen LogP contribution in [-0.2, 0) is 20.7 Å². The summed E-state index contributed by atoms with van der Waals surface area (Å²) in [6.07, 6.45) is 0.555. The molecule has 23 heavy (non-hydrogen) atoms. The Morgan fingerprint density at radius 2 is 1.87 bits per heavy atom. The lowest BCUT2D eigenvalue weighted by Crippen LogP contribution is -2.40. The van der Waals surface area contributed by atoms with Gasteiger partial charge in [0.2, 0.25) is 0 Å². The second-order valence-corrected chi connectivity index (χ2v) is 5.21. The number of phenols is 1. The molecule has 1 heterocycles. The van der Waals surface area contributed by atoms with E-state index >= 15 is 0 Å². The molecule has 1 aromatic carbocycles. The number of hydrogen-bond acceptors (Lipinski definition) is 5. The van der Waals surface area contributed by atoms with Crippen molar-refractivity contribution in [1.82, 2.24) is 5.32 Å². The minimum atomic E-state index is -0.935. The zero-order valence-electron chi connectivity index (χ0n) is 12.9. The van der Waals surface area contributed by atoms with Crippen LogP contribution in [0.15, 0.2) is 36.4 Å². The normalized spacial score (nSPS) is 16.7. The Labute approximate surface area is 134 Å². The molecule has 0 bridgehead atoms. The van der Waals surface area contributed by atoms with Crippen molar-refractivity contribution >= 4 is 11.9 Å². The van der Waals surface area contributed by atoms with E-state index in [9.17, 15) is 9.59 Å². The number of benzene rings is 1. The highest BCUT2D eigenvalue weighted by Gasteiger charge is 2.25. The Morgan fingerprint density at radius 3 is 2.26 bits per heavy atom. The maximum absolute atomic E-state index is 11.1. The van der Waals surface area contributed by atoms with Crippen molar-refractivity contribution in [2.24, 2.45) is 0 Å². The average molecular weight is 323 g/mol. The van der Waals surface area contributed by atoms with Crippen molar-refractivity contribution in [1.29, 1.82) is 0 Å². The van der Waals surface area contributed by atoms with Crippen molar-refractivity contribution in [3.63, 3.8) is 0 Å². The van der Waals surface area contributed by atoms with Crippen molar-refractivity contribution in [3.8, 4) is 5.75 Å². The number of aromatic hydroxyl groups is 1. The van der Waals surface area contributed by atoms with E-state index in [0.29, 0.717) is 19.6 Å². The Kier molecular flexibility index (Phi) is 7.24. The van der Waals surface area contributed by atoms with Crippen LogP contribution >= 0.6 is 0 Å². The second kappa shape index (κ2) is 8.92. The molecule has 7 heteroatoms. The summed E-state index contributed by atoms with van der Waals surface area (Å²) in [7, 11) is 0. The lowest BCUT2D eigenvalue weighted by molar-refractivity contribution is -0.139. The second-order valence-electron chi connectivity index (χ2n) is 5.21. The summed E-state index contributed by atoms with van der Waals surface area (Å²) < 4.78 is 5.02. The number of carbonyl (C=O) groups is 2. The van der Waals surface area contributed by atoms with Crippen molar-refractivity contribution in [2.75, 3.05) is 13.2 Å². The predicted octanol–water partition coefficient (Wildman–Crippen LogP) is 1.02. The fourth-order valence-electron chi connectivity index (χ4n) is 1.57. The highest BCUT2D eigenvalue weighted by molar-refractivity contribution is 5.84. The van der Waals surface area contributed by atoms with E-state index in [1.54, 1.807) is 24.3 Å². The zero-order chi connectivity index (χ0) is 17.4. The Morgan fingerprint density at radius 1 is 1.35 bits per heavy atom. The molecule has 1 aliphatic heterocycles. The molecule has 126 valence electrons. The minimum Gasteiger partial charge on any atom is -0.508 e. The van der Waals surface area contributed by atoms with Crippen LogP contribution in [0.4, 0.5) is 0 Å². The molecular weight excluding hydrogens is 302 g/mol. The number of ether oxygens (including phenoxy) is 1. The molecule has 0 radical (unpaired) electrons. The number of aliphatic carboxylic acids is 2. The van der Waals surface area contributed by atoms with E-state index in [1.165, 1.54) is 6.92 Å². The summed E-state index contributed by atoms with van der Waals surface area (Å²) in [6, 6.07) is 5.93. The Balaban J connectivity index is 0.000000379. The molecule has 2 unspecified atom stereocenters. The lowest BCUT2D eigenvalue weighted by Gasteiger charge is -2.13. The molecule has 0 saturated carbocycles. The van der Waals surface area contributed by atoms with Crippen LogP contribution in [0.25, 0.3) is 0 Å². The van der Waals surface area contributed by atoms with Gasteiger partial charge in [-0.15, -0.1) is 0 Å². The van der Waals surface area contributed by atoms with E-state index in [2.05, 4.69) is 11.9 Å². The summed E-state index contributed by atoms with van der Waals surface area (Å²) in [5, 5.41) is 29.1. The summed E-state index contributed by atoms with van der Waals surface area (Å²) in [6.45, 7) is 5.87. The predicted molar refractivity (Wildman–Crippen MR) is 83.4 cm³/mol. The molecule has 1 fully saturated rings. The van der Waals surface area contributed by atoms with Gasteiger partial charge < -0.3 is 25.4 Å². The van der Waals surface area contributed by atoms with Crippen LogP contribution < -0.4 is 5.32 Å². The van der Waals surface area contributed by atoms with Gasteiger partial charge in [0.05, 0.1) is 12.7 Å². The average Bonchev–Trinajstić information content (AvgIpc) is 3.30. The smallest absolute Gasteiger partial charge is 0.330 e. The molecule has 7 nitrogen and oxygen atoms in total. The monoisotopic (exact) mass is 323 g/mol. The van der Waals surface area contributed by atoms with Gasteiger partial charge in [0, 0.05) is 12.1 Å². The molecule has 1 aromatic rings. The van der Waals surface area contributed by atoms with Crippen LogP contribution in [0.5, 0.6) is 5.75 Å². The number of carboxylic acid groups (broad SMARTS) is 2. The van der Waals surface area contributed by atoms with Crippen molar-refractivity contribution in [2.45, 2.75) is 25.5 Å². The number of hydrogen-bond donors (Lipinski definition) is 4. The van der Waals surface area contributed by atoms with Crippen molar-refractivity contribution < 1.29 is 29.6 Å². The topological polar surface area (TPSA) is 119 Å². The molecule has 4 N–H and O–H groups in total. The maximum Gasteiger partial charge on any atom is 0.330 e. The lowest BCUT2D eigenvalue weighted by atomic mass is 10.1. The Bertz CT molecular complexity index is 538. The molecule has 2 rings (SSSR count). The van der Waals surface area contributed by atoms with E-state index in [-0.39, 0.29) is 17.4 Å². The first kappa shape index (κ1) is 18.7. The van der Waals surface area contributed by atoms with Crippen LogP contribution in [0.3, 0.4) is 0 Å². The third kappa shape index (κ3) is 7.98. The van der Waals surface area contributed by atoms with Crippen molar-refractivity contribution in [3.05, 3.63) is 42.0 Å². The summed E-state index contributed by atoms with van der Waals surface area (Å²) >= 11 is 0. The summed E-state index contributed by atoms with van der Waals surface area (Å²) in [5.74, 6) is -1.63. The van der Waals surface area contributed by atoms with E-state index in [0.717, 1.165) is 5.56 Å². The minimum absolute atomic E-state index is 0.164. The highest BCUT2D eigenvalue weighted by Crippen LogP contribution is 2.12. The highest BCUT2D eigenvalue weighted by atomic mass is 16.6. The van der Waals surface area contributed by atoms with E-state index in [1.807, 2.05) is 0 Å². The van der Waals surface area contributed by atoms with Crippen LogP contribution in [0.2, 0.25) is 0 Å². The van der Waals surface area contributed by atoms with Gasteiger partial charge >= 0.3 is 11.9 Å². The SMILES string of the molecule is C=C(C)C(=O)O.O=C(O)C(Cc1ccc(O)cc1)NCC1CO1.